The number of hydrogen-bond donors (Lipinski definition) is 1. The van der Waals surface area contributed by atoms with Gasteiger partial charge in [0.1, 0.15) is 18.4 Å². The molecule has 1 unspecified atom stereocenters. The van der Waals surface area contributed by atoms with Gasteiger partial charge in [0.2, 0.25) is 0 Å². The summed E-state index contributed by atoms with van der Waals surface area (Å²) >= 11 is 0. The van der Waals surface area contributed by atoms with E-state index >= 15 is 0 Å². The summed E-state index contributed by atoms with van der Waals surface area (Å²) in [5, 5.41) is 3.73. The van der Waals surface area contributed by atoms with Gasteiger partial charge in [-0.2, -0.15) is 0 Å². The number of benzene rings is 2. The molecule has 0 aliphatic carbocycles. The van der Waals surface area contributed by atoms with E-state index in [-0.39, 0.29) is 23.9 Å². The molecule has 2 aromatic carbocycles. The lowest BCUT2D eigenvalue weighted by molar-refractivity contribution is -0.0236. The average Bonchev–Trinajstić information content (AvgIpc) is 3.23. The minimum atomic E-state index is -0.922. The van der Waals surface area contributed by atoms with Crippen LogP contribution in [0.15, 0.2) is 51.1 Å². The van der Waals surface area contributed by atoms with Crippen LogP contribution >= 0.6 is 0 Å². The molecule has 182 valence electrons. The van der Waals surface area contributed by atoms with Gasteiger partial charge in [-0.15, -0.1) is 0 Å². The molecule has 35 heavy (non-hydrogen) atoms. The molecule has 1 fully saturated rings. The summed E-state index contributed by atoms with van der Waals surface area (Å²) in [4.78, 5) is 43.1. The minimum Gasteiger partial charge on any atom is -0.493 e. The van der Waals surface area contributed by atoms with Crippen LogP contribution in [-0.4, -0.2) is 48.5 Å². The van der Waals surface area contributed by atoms with Gasteiger partial charge in [0.25, 0.3) is 5.56 Å². The lowest BCUT2D eigenvalue weighted by atomic mass is 10.1. The van der Waals surface area contributed by atoms with Crippen molar-refractivity contribution < 1.29 is 23.7 Å². The maximum absolute atomic E-state index is 12.9. The highest BCUT2D eigenvalue weighted by atomic mass is 16.6. The third-order valence-electron chi connectivity index (χ3n) is 5.78. The first-order valence-electron chi connectivity index (χ1n) is 10.7. The van der Waals surface area contributed by atoms with E-state index in [2.05, 4.69) is 15.0 Å². The number of ether oxygens (including phenoxy) is 4. The number of aromatic nitrogens is 2. The van der Waals surface area contributed by atoms with E-state index < -0.39 is 35.7 Å². The number of H-pyrrole nitrogens is 1. The summed E-state index contributed by atoms with van der Waals surface area (Å²) in [5.74, 6) is 0.0502. The fourth-order valence-electron chi connectivity index (χ4n) is 4.03. The van der Waals surface area contributed by atoms with Crippen LogP contribution in [-0.2, 0) is 9.47 Å². The smallest absolute Gasteiger partial charge is 0.338 e. The number of hydrogen-bond acceptors (Lipinski definition) is 8. The number of azide groups is 1. The van der Waals surface area contributed by atoms with Gasteiger partial charge in [0.15, 0.2) is 11.5 Å². The van der Waals surface area contributed by atoms with Crippen LogP contribution in [0.1, 0.15) is 28.6 Å². The first kappa shape index (κ1) is 23.9. The Balaban J connectivity index is 1.73. The van der Waals surface area contributed by atoms with Gasteiger partial charge in [-0.05, 0) is 30.7 Å². The molecule has 0 saturated carbocycles. The van der Waals surface area contributed by atoms with Crippen LogP contribution in [0.2, 0.25) is 0 Å². The highest BCUT2D eigenvalue weighted by molar-refractivity contribution is 5.89. The summed E-state index contributed by atoms with van der Waals surface area (Å²) in [5.41, 5.74) is 9.05. The summed E-state index contributed by atoms with van der Waals surface area (Å²) in [6, 6.07) is 9.83. The van der Waals surface area contributed by atoms with Crippen LogP contribution < -0.4 is 20.7 Å². The minimum absolute atomic E-state index is 0.0820. The monoisotopic (exact) mass is 481 g/mol. The zero-order valence-electron chi connectivity index (χ0n) is 19.3. The van der Waals surface area contributed by atoms with E-state index in [1.165, 1.54) is 30.9 Å². The van der Waals surface area contributed by atoms with Crippen molar-refractivity contribution >= 4 is 16.9 Å². The molecule has 0 spiro atoms. The van der Waals surface area contributed by atoms with Gasteiger partial charge < -0.3 is 18.9 Å². The van der Waals surface area contributed by atoms with Gasteiger partial charge in [0.05, 0.1) is 37.2 Å². The van der Waals surface area contributed by atoms with Gasteiger partial charge in [-0.25, -0.2) is 9.59 Å². The van der Waals surface area contributed by atoms with E-state index in [1.807, 2.05) is 6.92 Å². The molecule has 12 nitrogen and oxygen atoms in total. The molecule has 4 rings (SSSR count). The summed E-state index contributed by atoms with van der Waals surface area (Å²) in [7, 11) is 2.86. The molecule has 2 heterocycles. The lowest BCUT2D eigenvalue weighted by Crippen LogP contribution is -2.33. The van der Waals surface area contributed by atoms with Gasteiger partial charge >= 0.3 is 11.7 Å². The van der Waals surface area contributed by atoms with E-state index in [4.69, 9.17) is 24.5 Å². The number of aromatic amines is 1. The number of nitrogens with one attached hydrogen (secondary N) is 1. The molecular weight excluding hydrogens is 458 g/mol. The fourth-order valence-corrected chi connectivity index (χ4v) is 4.03. The molecule has 3 atom stereocenters. The number of carbonyl (C=O) groups excluding carboxylic acids is 1. The van der Waals surface area contributed by atoms with E-state index in [0.29, 0.717) is 17.1 Å². The number of nitrogens with zero attached hydrogens (tertiary/aromatic N) is 4. The zero-order chi connectivity index (χ0) is 25.1. The Hall–Kier alpha value is -4.28. The van der Waals surface area contributed by atoms with Gasteiger partial charge in [0, 0.05) is 17.4 Å². The van der Waals surface area contributed by atoms with Crippen LogP contribution in [0.5, 0.6) is 11.5 Å². The first-order chi connectivity index (χ1) is 16.9. The van der Waals surface area contributed by atoms with Gasteiger partial charge in [-0.3, -0.25) is 14.3 Å². The van der Waals surface area contributed by atoms with E-state index in [1.54, 1.807) is 24.3 Å². The number of fused-ring (bicyclic) bond motifs is 1. The maximum Gasteiger partial charge on any atom is 0.338 e. The lowest BCUT2D eigenvalue weighted by Gasteiger charge is -2.18. The molecular formula is C23H23N5O7. The normalized spacial score (nSPS) is 19.2. The van der Waals surface area contributed by atoms with Crippen molar-refractivity contribution in [2.75, 3.05) is 20.8 Å². The Bertz CT molecular complexity index is 1420. The van der Waals surface area contributed by atoms with Crippen LogP contribution in [0, 0.1) is 6.92 Å². The quantitative estimate of drug-likeness (QED) is 0.235. The van der Waals surface area contributed by atoms with Crippen molar-refractivity contribution in [3.63, 3.8) is 0 Å². The molecule has 0 amide bonds. The number of rotatable bonds is 7. The van der Waals surface area contributed by atoms with Crippen molar-refractivity contribution in [3.8, 4) is 11.5 Å². The third kappa shape index (κ3) is 4.70. The molecule has 3 aromatic rings. The molecule has 1 saturated heterocycles. The fraction of sp³-hybridized carbons (Fsp3) is 0.348. The summed E-state index contributed by atoms with van der Waals surface area (Å²) in [6.07, 6.45) is -2.46. The van der Waals surface area contributed by atoms with Crippen molar-refractivity contribution in [2.24, 2.45) is 5.11 Å². The predicted octanol–water partition coefficient (Wildman–Crippen LogP) is 2.84. The standard InChI is InChI=1S/C23H23N5O7/c1-12-4-6-13(7-5-12)22(30)35-18-10-20(34-19(18)11-25-27-24)28-15-9-17(33-3)16(32-2)8-14(15)21(29)26-23(28)31/h4-9,18-20H,10-11H2,1-3H3,(H,26,29,31)/t18-,19+,20?/m0/s1. The Labute approximate surface area is 198 Å². The molecule has 1 aromatic heterocycles. The largest absolute Gasteiger partial charge is 0.493 e. The highest BCUT2D eigenvalue weighted by Crippen LogP contribution is 2.35. The Kier molecular flexibility index (Phi) is 6.76. The van der Waals surface area contributed by atoms with E-state index in [0.717, 1.165) is 5.56 Å². The Morgan fingerprint density at radius 3 is 2.54 bits per heavy atom. The second kappa shape index (κ2) is 9.92. The zero-order valence-corrected chi connectivity index (χ0v) is 19.3. The second-order valence-electron chi connectivity index (χ2n) is 7.94. The topological polar surface area (TPSA) is 158 Å². The van der Waals surface area contributed by atoms with Crippen molar-refractivity contribution in [2.45, 2.75) is 31.8 Å². The maximum atomic E-state index is 12.9. The van der Waals surface area contributed by atoms with Crippen molar-refractivity contribution in [1.29, 1.82) is 0 Å². The number of esters is 1. The SMILES string of the molecule is COc1cc2c(=O)[nH]c(=O)n(C3C[C@H](OC(=O)c4ccc(C)cc4)[C@@H](CN=[N+]=[N-])O3)c2cc1OC. The molecule has 0 bridgehead atoms. The van der Waals surface area contributed by atoms with Crippen LogP contribution in [0.4, 0.5) is 0 Å². The van der Waals surface area contributed by atoms with Crippen molar-refractivity contribution in [1.82, 2.24) is 9.55 Å². The highest BCUT2D eigenvalue weighted by Gasteiger charge is 2.40. The van der Waals surface area contributed by atoms with Crippen LogP contribution in [0.3, 0.4) is 0 Å². The molecule has 1 N–H and O–H groups in total. The third-order valence-corrected chi connectivity index (χ3v) is 5.78. The molecule has 12 heteroatoms. The van der Waals surface area contributed by atoms with Crippen LogP contribution in [0.25, 0.3) is 21.3 Å². The first-order valence-corrected chi connectivity index (χ1v) is 10.7. The Morgan fingerprint density at radius 1 is 1.20 bits per heavy atom. The summed E-state index contributed by atoms with van der Waals surface area (Å²) < 4.78 is 23.5. The molecule has 0 radical (unpaired) electrons. The number of methoxy groups -OCH3 is 2. The average molecular weight is 481 g/mol. The molecule has 1 aliphatic heterocycles. The summed E-state index contributed by atoms with van der Waals surface area (Å²) in [6.45, 7) is 1.78. The van der Waals surface area contributed by atoms with Crippen molar-refractivity contribution in [3.05, 3.63) is 78.8 Å². The second-order valence-corrected chi connectivity index (χ2v) is 7.94. The number of aryl methyl sites for hydroxylation is 1. The Morgan fingerprint density at radius 2 is 1.89 bits per heavy atom. The number of carbonyl (C=O) groups is 1. The van der Waals surface area contributed by atoms with E-state index in [9.17, 15) is 14.4 Å². The molecule has 1 aliphatic rings. The predicted molar refractivity (Wildman–Crippen MR) is 125 cm³/mol. The van der Waals surface area contributed by atoms with Gasteiger partial charge in [-0.1, -0.05) is 22.8 Å².